The molecule has 0 heterocycles. The summed E-state index contributed by atoms with van der Waals surface area (Å²) in [6.45, 7) is 14.3. The van der Waals surface area contributed by atoms with Crippen LogP contribution in [0, 0.1) is 0 Å². The van der Waals surface area contributed by atoms with Crippen LogP contribution >= 0.6 is 47.8 Å². The Bertz CT molecular complexity index is 2990. The maximum atomic E-state index is 3.35. The predicted octanol–water partition coefficient (Wildman–Crippen LogP) is 24.6. The van der Waals surface area contributed by atoms with Gasteiger partial charge in [0.05, 0.1) is 0 Å². The van der Waals surface area contributed by atoms with Crippen LogP contribution in [0.25, 0.3) is 66.8 Å². The van der Waals surface area contributed by atoms with E-state index < -0.39 is 0 Å². The smallest absolute Gasteiger partial charge is 0.0221 e. The minimum Gasteiger partial charge on any atom is -0.0654 e. The second-order valence-corrected chi connectivity index (χ2v) is 25.8. The molecule has 8 aromatic carbocycles. The molecule has 3 heteroatoms. The normalized spacial score (nSPS) is 14.4. The first-order chi connectivity index (χ1) is 38.1. The first kappa shape index (κ1) is 56.5. The molecule has 0 aliphatic heterocycles. The van der Waals surface area contributed by atoms with Crippen LogP contribution in [-0.4, -0.2) is 0 Å². The zero-order chi connectivity index (χ0) is 54.4. The minimum absolute atomic E-state index is 0.0269. The van der Waals surface area contributed by atoms with Crippen LogP contribution in [0.5, 0.6) is 0 Å². The fourth-order valence-corrected chi connectivity index (χ4v) is 17.2. The lowest BCUT2D eigenvalue weighted by Gasteiger charge is -2.35. The Balaban J connectivity index is 0.000000696. The van der Waals surface area contributed by atoms with Gasteiger partial charge in [-0.15, -0.1) is 0 Å². The number of halogens is 3. The van der Waals surface area contributed by atoms with Crippen molar-refractivity contribution in [3.05, 3.63) is 211 Å². The van der Waals surface area contributed by atoms with Crippen LogP contribution in [0.4, 0.5) is 0 Å². The fourth-order valence-electron chi connectivity index (χ4n) is 14.8. The van der Waals surface area contributed by atoms with Gasteiger partial charge in [0, 0.05) is 29.7 Å². The zero-order valence-corrected chi connectivity index (χ0v) is 52.2. The van der Waals surface area contributed by atoms with Crippen LogP contribution < -0.4 is 0 Å². The molecule has 0 aromatic heterocycles. The minimum atomic E-state index is -0.0269. The standard InChI is InChI=1S/C69H78.C6H3Br3/c1-7-13-40-67(41-14-8-2)61-37-22-19-28-55(61)58-34-25-31-52(64(58)67)49-46-50(53-32-26-35-59-56-29-20-23-38-62(56)68(65(53)59,42-15-9-3)43-16-10-4)48-51(47-49)54-33-27-36-60-57-30-21-24-39-63(57)69(66(54)60,44-17-11-5)45-18-12-6;7-4-1-5(8)3-6(9)2-4/h19-39,46-48H,7-18,40-45H2,1-6H3;1-3H. The van der Waals surface area contributed by atoms with Gasteiger partial charge in [0.25, 0.3) is 0 Å². The molecule has 11 rings (SSSR count). The molecule has 0 bridgehead atoms. The lowest BCUT2D eigenvalue weighted by molar-refractivity contribution is 0.415. The van der Waals surface area contributed by atoms with Gasteiger partial charge in [-0.05, 0) is 175 Å². The van der Waals surface area contributed by atoms with Crippen molar-refractivity contribution in [2.45, 2.75) is 173 Å². The van der Waals surface area contributed by atoms with E-state index in [1.54, 1.807) is 33.4 Å². The average Bonchev–Trinajstić information content (AvgIpc) is 4.04. The van der Waals surface area contributed by atoms with E-state index in [0.29, 0.717) is 0 Å². The highest BCUT2D eigenvalue weighted by molar-refractivity contribution is 9.11. The summed E-state index contributed by atoms with van der Waals surface area (Å²) in [5.74, 6) is 0. The Hall–Kier alpha value is -4.80. The van der Waals surface area contributed by atoms with Gasteiger partial charge >= 0.3 is 0 Å². The Kier molecular flexibility index (Phi) is 18.0. The van der Waals surface area contributed by atoms with Crippen molar-refractivity contribution < 1.29 is 0 Å². The summed E-state index contributed by atoms with van der Waals surface area (Å²) in [6.07, 6.45) is 21.6. The third-order valence-electron chi connectivity index (χ3n) is 18.3. The van der Waals surface area contributed by atoms with E-state index in [4.69, 9.17) is 0 Å². The van der Waals surface area contributed by atoms with Gasteiger partial charge in [-0.3, -0.25) is 0 Å². The summed E-state index contributed by atoms with van der Waals surface area (Å²) in [7, 11) is 0. The second kappa shape index (κ2) is 24.9. The van der Waals surface area contributed by atoms with Gasteiger partial charge in [0.15, 0.2) is 0 Å². The van der Waals surface area contributed by atoms with Gasteiger partial charge in [0.2, 0.25) is 0 Å². The molecule has 0 fully saturated rings. The summed E-state index contributed by atoms with van der Waals surface area (Å²) in [4.78, 5) is 0. The van der Waals surface area contributed by atoms with Crippen molar-refractivity contribution in [2.24, 2.45) is 0 Å². The summed E-state index contributed by atoms with van der Waals surface area (Å²) >= 11 is 10.1. The largest absolute Gasteiger partial charge is 0.0654 e. The SMILES string of the molecule is Brc1cc(Br)cc(Br)c1.CCCCC1(CCCC)c2ccccc2-c2cccc(-c3cc(-c4cccc5c4C(CCCC)(CCCC)c4ccccc4-5)cc(-c4cccc5c4C(CCCC)(CCCC)c4ccccc4-5)c3)c21. The first-order valence-corrected chi connectivity index (χ1v) is 32.5. The van der Waals surface area contributed by atoms with Gasteiger partial charge in [0.1, 0.15) is 0 Å². The fraction of sp³-hybridized carbons (Fsp3) is 0.360. The molecule has 0 saturated carbocycles. The molecule has 0 saturated heterocycles. The van der Waals surface area contributed by atoms with Gasteiger partial charge in [-0.1, -0.05) is 294 Å². The van der Waals surface area contributed by atoms with Crippen LogP contribution in [0.15, 0.2) is 177 Å². The molecule has 402 valence electrons. The molecule has 0 atom stereocenters. The summed E-state index contributed by atoms with van der Waals surface area (Å²) < 4.78 is 3.22. The number of fused-ring (bicyclic) bond motifs is 9. The third kappa shape index (κ3) is 10.3. The average molecular weight is 1220 g/mol. The van der Waals surface area contributed by atoms with Crippen LogP contribution in [-0.2, 0) is 16.2 Å². The van der Waals surface area contributed by atoms with Gasteiger partial charge in [-0.2, -0.15) is 0 Å². The van der Waals surface area contributed by atoms with Crippen molar-refractivity contribution >= 4 is 47.8 Å². The van der Waals surface area contributed by atoms with E-state index in [1.807, 2.05) is 18.2 Å². The van der Waals surface area contributed by atoms with Crippen molar-refractivity contribution in [1.29, 1.82) is 0 Å². The molecular weight excluding hydrogens is 1140 g/mol. The molecule has 0 nitrogen and oxygen atoms in total. The quantitative estimate of drug-likeness (QED) is 0.0673. The van der Waals surface area contributed by atoms with E-state index >= 15 is 0 Å². The third-order valence-corrected chi connectivity index (χ3v) is 19.6. The first-order valence-electron chi connectivity index (χ1n) is 30.1. The zero-order valence-electron chi connectivity index (χ0n) is 47.5. The van der Waals surface area contributed by atoms with Crippen molar-refractivity contribution in [2.75, 3.05) is 0 Å². The second-order valence-electron chi connectivity index (χ2n) is 23.1. The monoisotopic (exact) mass is 1220 g/mol. The van der Waals surface area contributed by atoms with E-state index in [9.17, 15) is 0 Å². The maximum Gasteiger partial charge on any atom is 0.0221 e. The molecule has 8 aromatic rings. The number of benzene rings is 8. The van der Waals surface area contributed by atoms with Crippen molar-refractivity contribution in [1.82, 2.24) is 0 Å². The number of hydrogen-bond donors (Lipinski definition) is 0. The molecule has 3 aliphatic carbocycles. The molecule has 78 heavy (non-hydrogen) atoms. The molecule has 3 aliphatic rings. The Morgan fingerprint density at radius 2 is 0.474 bits per heavy atom. The maximum absolute atomic E-state index is 3.35. The molecule has 0 N–H and O–H groups in total. The summed E-state index contributed by atoms with van der Waals surface area (Å²) in [5.41, 5.74) is 26.4. The lowest BCUT2D eigenvalue weighted by Crippen LogP contribution is -2.26. The topological polar surface area (TPSA) is 0 Å². The van der Waals surface area contributed by atoms with Crippen LogP contribution in [0.3, 0.4) is 0 Å². The molecule has 0 unspecified atom stereocenters. The van der Waals surface area contributed by atoms with E-state index in [-0.39, 0.29) is 16.2 Å². The Morgan fingerprint density at radius 3 is 0.718 bits per heavy atom. The van der Waals surface area contributed by atoms with Crippen LogP contribution in [0.1, 0.15) is 190 Å². The van der Waals surface area contributed by atoms with E-state index in [1.165, 1.54) is 182 Å². The highest BCUT2D eigenvalue weighted by Crippen LogP contribution is 2.61. The Morgan fingerprint density at radius 1 is 0.256 bits per heavy atom. The van der Waals surface area contributed by atoms with E-state index in [0.717, 1.165) is 13.4 Å². The number of hydrogen-bond acceptors (Lipinski definition) is 0. The number of unbranched alkanes of at least 4 members (excludes halogenated alkanes) is 6. The van der Waals surface area contributed by atoms with E-state index in [2.05, 4.69) is 235 Å². The molecule has 0 radical (unpaired) electrons. The highest BCUT2D eigenvalue weighted by Gasteiger charge is 2.47. The van der Waals surface area contributed by atoms with Gasteiger partial charge < -0.3 is 0 Å². The van der Waals surface area contributed by atoms with Crippen LogP contribution in [0.2, 0.25) is 0 Å². The van der Waals surface area contributed by atoms with Crippen molar-refractivity contribution in [3.63, 3.8) is 0 Å². The Labute approximate surface area is 494 Å². The predicted molar refractivity (Wildman–Crippen MR) is 348 cm³/mol. The summed E-state index contributed by atoms with van der Waals surface area (Å²) in [6, 6.07) is 64.4. The number of rotatable bonds is 21. The molecular formula is C75H81Br3. The molecule has 0 spiro atoms. The van der Waals surface area contributed by atoms with Gasteiger partial charge in [-0.25, -0.2) is 0 Å². The van der Waals surface area contributed by atoms with Crippen molar-refractivity contribution in [3.8, 4) is 66.8 Å². The summed E-state index contributed by atoms with van der Waals surface area (Å²) in [5, 5.41) is 0. The highest BCUT2D eigenvalue weighted by atomic mass is 79.9. The molecule has 0 amide bonds. The lowest BCUT2D eigenvalue weighted by atomic mass is 9.67.